The van der Waals surface area contributed by atoms with Crippen LogP contribution in [0.5, 0.6) is 0 Å². The molecule has 0 fully saturated rings. The minimum absolute atomic E-state index is 0.0314. The topological polar surface area (TPSA) is 73.0 Å². The number of rotatable bonds is 4. The average molecular weight is 262 g/mol. The molecule has 2 heterocycles. The quantitative estimate of drug-likeness (QED) is 0.913. The second kappa shape index (κ2) is 5.26. The first-order chi connectivity index (χ1) is 8.99. The molecule has 0 aliphatic rings. The van der Waals surface area contributed by atoms with Crippen LogP contribution in [-0.4, -0.2) is 20.8 Å². The van der Waals surface area contributed by atoms with Crippen molar-refractivity contribution in [3.8, 4) is 0 Å². The molecule has 0 aliphatic carbocycles. The Hall–Kier alpha value is -2.11. The summed E-state index contributed by atoms with van der Waals surface area (Å²) in [6, 6.07) is 0. The first kappa shape index (κ1) is 13.3. The molecule has 6 nitrogen and oxygen atoms in total. The lowest BCUT2D eigenvalue weighted by molar-refractivity contribution is -0.116. The van der Waals surface area contributed by atoms with E-state index in [-0.39, 0.29) is 5.91 Å². The monoisotopic (exact) mass is 262 g/mol. The summed E-state index contributed by atoms with van der Waals surface area (Å²) in [6.45, 7) is 5.66. The number of nitrogens with one attached hydrogen (secondary N) is 1. The Morgan fingerprint density at radius 3 is 2.68 bits per heavy atom. The average Bonchev–Trinajstić information content (AvgIpc) is 2.85. The van der Waals surface area contributed by atoms with Crippen molar-refractivity contribution in [3.05, 3.63) is 28.9 Å². The Kier molecular flexibility index (Phi) is 3.69. The number of carbonyl (C=O) groups is 1. The first-order valence-electron chi connectivity index (χ1n) is 6.19. The molecule has 0 aromatic carbocycles. The number of amides is 1. The Labute approximate surface area is 111 Å². The van der Waals surface area contributed by atoms with E-state index in [2.05, 4.69) is 15.6 Å². The van der Waals surface area contributed by atoms with Crippen LogP contribution in [0.15, 0.2) is 10.7 Å². The number of hydrogen-bond donors (Lipinski definition) is 1. The van der Waals surface area contributed by atoms with Gasteiger partial charge in [0.2, 0.25) is 5.91 Å². The zero-order chi connectivity index (χ0) is 14.0. The van der Waals surface area contributed by atoms with Crippen LogP contribution in [0.1, 0.15) is 29.1 Å². The second-order valence-corrected chi connectivity index (χ2v) is 4.62. The van der Waals surface area contributed by atoms with Crippen molar-refractivity contribution in [2.24, 2.45) is 7.05 Å². The Balaban J connectivity index is 1.94. The molecule has 0 aliphatic heterocycles. The summed E-state index contributed by atoms with van der Waals surface area (Å²) in [6.07, 6.45) is 2.69. The fourth-order valence-corrected chi connectivity index (χ4v) is 1.93. The standard InChI is InChI=1S/C13H18N4O2/c1-8-11(10(3)19-16-8)5-6-13(18)15-12-7-14-17(4)9(12)2/h7H,5-6H2,1-4H3,(H,15,18). The molecule has 0 saturated heterocycles. The molecule has 0 spiro atoms. The smallest absolute Gasteiger partial charge is 0.224 e. The van der Waals surface area contributed by atoms with Gasteiger partial charge in [-0.3, -0.25) is 9.48 Å². The highest BCUT2D eigenvalue weighted by molar-refractivity contribution is 5.91. The van der Waals surface area contributed by atoms with Crippen molar-refractivity contribution in [1.29, 1.82) is 0 Å². The number of carbonyl (C=O) groups excluding carboxylic acids is 1. The van der Waals surface area contributed by atoms with Gasteiger partial charge in [-0.1, -0.05) is 5.16 Å². The molecule has 1 amide bonds. The van der Waals surface area contributed by atoms with E-state index in [9.17, 15) is 4.79 Å². The molecule has 2 aromatic heterocycles. The Bertz CT molecular complexity index is 578. The van der Waals surface area contributed by atoms with Gasteiger partial charge in [0.1, 0.15) is 5.76 Å². The van der Waals surface area contributed by atoms with Crippen molar-refractivity contribution >= 4 is 11.6 Å². The van der Waals surface area contributed by atoms with Crippen LogP contribution in [-0.2, 0) is 18.3 Å². The summed E-state index contributed by atoms with van der Waals surface area (Å²) >= 11 is 0. The molecule has 0 saturated carbocycles. The Morgan fingerprint density at radius 1 is 1.42 bits per heavy atom. The van der Waals surface area contributed by atoms with Gasteiger partial charge in [-0.25, -0.2) is 0 Å². The SMILES string of the molecule is Cc1noc(C)c1CCC(=O)Nc1cnn(C)c1C. The summed E-state index contributed by atoms with van der Waals surface area (Å²) in [5.74, 6) is 0.749. The number of anilines is 1. The van der Waals surface area contributed by atoms with E-state index >= 15 is 0 Å². The van der Waals surface area contributed by atoms with Crippen LogP contribution < -0.4 is 5.32 Å². The van der Waals surface area contributed by atoms with Gasteiger partial charge >= 0.3 is 0 Å². The highest BCUT2D eigenvalue weighted by Crippen LogP contribution is 2.16. The normalized spacial score (nSPS) is 10.7. The third-order valence-corrected chi connectivity index (χ3v) is 3.29. The Morgan fingerprint density at radius 2 is 2.16 bits per heavy atom. The molecular weight excluding hydrogens is 244 g/mol. The number of aryl methyl sites for hydroxylation is 3. The van der Waals surface area contributed by atoms with Crippen molar-refractivity contribution in [2.45, 2.75) is 33.6 Å². The fraction of sp³-hybridized carbons (Fsp3) is 0.462. The summed E-state index contributed by atoms with van der Waals surface area (Å²) < 4.78 is 6.80. The van der Waals surface area contributed by atoms with Crippen LogP contribution >= 0.6 is 0 Å². The van der Waals surface area contributed by atoms with Gasteiger partial charge in [-0.2, -0.15) is 5.10 Å². The predicted octanol–water partition coefficient (Wildman–Crippen LogP) is 1.90. The maximum Gasteiger partial charge on any atom is 0.224 e. The third-order valence-electron chi connectivity index (χ3n) is 3.29. The zero-order valence-electron chi connectivity index (χ0n) is 11.6. The van der Waals surface area contributed by atoms with E-state index in [4.69, 9.17) is 4.52 Å². The summed E-state index contributed by atoms with van der Waals surface area (Å²) in [5, 5.41) is 10.8. The summed E-state index contributed by atoms with van der Waals surface area (Å²) in [7, 11) is 1.84. The zero-order valence-corrected chi connectivity index (χ0v) is 11.6. The van der Waals surface area contributed by atoms with Gasteiger partial charge in [0, 0.05) is 19.0 Å². The minimum atomic E-state index is -0.0314. The lowest BCUT2D eigenvalue weighted by Crippen LogP contribution is -2.13. The van der Waals surface area contributed by atoms with Crippen LogP contribution in [0, 0.1) is 20.8 Å². The molecular formula is C13H18N4O2. The molecule has 6 heteroatoms. The number of hydrogen-bond acceptors (Lipinski definition) is 4. The largest absolute Gasteiger partial charge is 0.361 e. The molecule has 1 N–H and O–H groups in total. The fourth-order valence-electron chi connectivity index (χ4n) is 1.93. The predicted molar refractivity (Wildman–Crippen MR) is 70.9 cm³/mol. The van der Waals surface area contributed by atoms with E-state index < -0.39 is 0 Å². The highest BCUT2D eigenvalue weighted by atomic mass is 16.5. The maximum absolute atomic E-state index is 11.9. The van der Waals surface area contributed by atoms with Gasteiger partial charge in [-0.15, -0.1) is 0 Å². The molecule has 0 bridgehead atoms. The molecule has 0 atom stereocenters. The van der Waals surface area contributed by atoms with E-state index in [1.54, 1.807) is 10.9 Å². The molecule has 0 unspecified atom stereocenters. The molecule has 2 aromatic rings. The van der Waals surface area contributed by atoms with E-state index in [0.717, 1.165) is 28.4 Å². The first-order valence-corrected chi connectivity index (χ1v) is 6.19. The molecule has 0 radical (unpaired) electrons. The van der Waals surface area contributed by atoms with Crippen LogP contribution in [0.25, 0.3) is 0 Å². The van der Waals surface area contributed by atoms with E-state index in [1.807, 2.05) is 27.8 Å². The summed E-state index contributed by atoms with van der Waals surface area (Å²) in [4.78, 5) is 11.9. The molecule has 2 rings (SSSR count). The second-order valence-electron chi connectivity index (χ2n) is 4.62. The van der Waals surface area contributed by atoms with Gasteiger partial charge in [0.15, 0.2) is 0 Å². The van der Waals surface area contributed by atoms with Gasteiger partial charge in [0.25, 0.3) is 0 Å². The van der Waals surface area contributed by atoms with Crippen LogP contribution in [0.3, 0.4) is 0 Å². The highest BCUT2D eigenvalue weighted by Gasteiger charge is 2.12. The minimum Gasteiger partial charge on any atom is -0.361 e. The van der Waals surface area contributed by atoms with Gasteiger partial charge in [0.05, 0.1) is 23.3 Å². The van der Waals surface area contributed by atoms with Crippen molar-refractivity contribution in [3.63, 3.8) is 0 Å². The molecule has 19 heavy (non-hydrogen) atoms. The van der Waals surface area contributed by atoms with E-state index in [0.29, 0.717) is 12.8 Å². The third kappa shape index (κ3) is 2.83. The lowest BCUT2D eigenvalue weighted by Gasteiger charge is -2.04. The van der Waals surface area contributed by atoms with Crippen molar-refractivity contribution in [1.82, 2.24) is 14.9 Å². The van der Waals surface area contributed by atoms with Crippen LogP contribution in [0.2, 0.25) is 0 Å². The number of nitrogens with zero attached hydrogens (tertiary/aromatic N) is 3. The number of aromatic nitrogens is 3. The van der Waals surface area contributed by atoms with E-state index in [1.165, 1.54) is 0 Å². The van der Waals surface area contributed by atoms with Crippen LogP contribution in [0.4, 0.5) is 5.69 Å². The summed E-state index contributed by atoms with van der Waals surface area (Å²) in [5.41, 5.74) is 3.55. The van der Waals surface area contributed by atoms with Gasteiger partial charge < -0.3 is 9.84 Å². The van der Waals surface area contributed by atoms with Gasteiger partial charge in [-0.05, 0) is 27.2 Å². The maximum atomic E-state index is 11.9. The van der Waals surface area contributed by atoms with Crippen molar-refractivity contribution in [2.75, 3.05) is 5.32 Å². The molecule has 102 valence electrons. The van der Waals surface area contributed by atoms with Crippen molar-refractivity contribution < 1.29 is 9.32 Å². The lowest BCUT2D eigenvalue weighted by atomic mass is 10.1.